The van der Waals surface area contributed by atoms with Crippen LogP contribution in [0.2, 0.25) is 0 Å². The van der Waals surface area contributed by atoms with E-state index < -0.39 is 0 Å². The zero-order valence-corrected chi connectivity index (χ0v) is 13.3. The largest absolute Gasteiger partial charge is 0.354 e. The van der Waals surface area contributed by atoms with E-state index in [1.165, 1.54) is 0 Å². The first-order valence-electron chi connectivity index (χ1n) is 7.89. The molecule has 0 radical (unpaired) electrons. The normalized spacial score (nSPS) is 22.1. The Morgan fingerprint density at radius 2 is 2.10 bits per heavy atom. The molecule has 1 aromatic heterocycles. The van der Waals surface area contributed by atoms with Gasteiger partial charge in [0.1, 0.15) is 11.6 Å². The molecule has 1 aliphatic rings. The van der Waals surface area contributed by atoms with E-state index in [9.17, 15) is 5.26 Å². The summed E-state index contributed by atoms with van der Waals surface area (Å²) in [7, 11) is 0. The summed E-state index contributed by atoms with van der Waals surface area (Å²) in [4.78, 5) is 2.20. The van der Waals surface area contributed by atoms with E-state index in [0.29, 0.717) is 23.9 Å². The molecule has 1 aromatic rings. The Bertz CT molecular complexity index is 534. The lowest BCUT2D eigenvalue weighted by molar-refractivity contribution is 0.306. The zero-order valence-electron chi connectivity index (χ0n) is 13.3. The van der Waals surface area contributed by atoms with Gasteiger partial charge in [-0.15, -0.1) is 5.10 Å². The second kappa shape index (κ2) is 6.86. The van der Waals surface area contributed by atoms with Crippen LogP contribution in [0, 0.1) is 23.2 Å². The van der Waals surface area contributed by atoms with Crippen LogP contribution in [0.4, 0.5) is 5.82 Å². The third-order valence-electron chi connectivity index (χ3n) is 4.66. The molecule has 0 bridgehead atoms. The van der Waals surface area contributed by atoms with Crippen molar-refractivity contribution in [1.29, 1.82) is 5.26 Å². The number of nitriles is 1. The molecule has 2 atom stereocenters. The van der Waals surface area contributed by atoms with Gasteiger partial charge in [0.25, 0.3) is 0 Å². The summed E-state index contributed by atoms with van der Waals surface area (Å²) < 4.78 is 0. The van der Waals surface area contributed by atoms with Crippen molar-refractivity contribution < 1.29 is 0 Å². The molecular weight excluding hydrogens is 262 g/mol. The minimum absolute atomic E-state index is 0.461. The van der Waals surface area contributed by atoms with E-state index in [4.69, 9.17) is 5.73 Å². The van der Waals surface area contributed by atoms with Gasteiger partial charge in [-0.3, -0.25) is 0 Å². The van der Waals surface area contributed by atoms with Gasteiger partial charge in [0.05, 0.1) is 5.69 Å². The van der Waals surface area contributed by atoms with Gasteiger partial charge in [-0.25, -0.2) is 0 Å². The number of hydrogen-bond donors (Lipinski definition) is 1. The number of aromatic nitrogens is 2. The Labute approximate surface area is 127 Å². The van der Waals surface area contributed by atoms with Gasteiger partial charge in [0, 0.05) is 13.1 Å². The fourth-order valence-electron chi connectivity index (χ4n) is 3.15. The summed E-state index contributed by atoms with van der Waals surface area (Å²) in [5, 5.41) is 18.3. The van der Waals surface area contributed by atoms with Gasteiger partial charge in [0.2, 0.25) is 0 Å². The molecule has 114 valence electrons. The monoisotopic (exact) mass is 287 g/mol. The van der Waals surface area contributed by atoms with Gasteiger partial charge < -0.3 is 10.6 Å². The Morgan fingerprint density at radius 1 is 1.33 bits per heavy atom. The lowest BCUT2D eigenvalue weighted by Crippen LogP contribution is -2.43. The summed E-state index contributed by atoms with van der Waals surface area (Å²) >= 11 is 0. The molecule has 1 saturated heterocycles. The molecule has 2 rings (SSSR count). The van der Waals surface area contributed by atoms with Gasteiger partial charge >= 0.3 is 0 Å². The van der Waals surface area contributed by atoms with Crippen LogP contribution in [-0.4, -0.2) is 29.8 Å². The van der Waals surface area contributed by atoms with Crippen LogP contribution >= 0.6 is 0 Å². The first-order valence-corrected chi connectivity index (χ1v) is 7.89. The predicted molar refractivity (Wildman–Crippen MR) is 84.0 cm³/mol. The molecule has 21 heavy (non-hydrogen) atoms. The highest BCUT2D eigenvalue weighted by Crippen LogP contribution is 2.29. The van der Waals surface area contributed by atoms with Crippen molar-refractivity contribution in [3.8, 4) is 6.07 Å². The number of aryl methyl sites for hydroxylation is 1. The average molecular weight is 287 g/mol. The van der Waals surface area contributed by atoms with Crippen LogP contribution in [0.3, 0.4) is 0 Å². The lowest BCUT2D eigenvalue weighted by Gasteiger charge is -2.37. The summed E-state index contributed by atoms with van der Waals surface area (Å²) in [6.07, 6.45) is 2.72. The predicted octanol–water partition coefficient (Wildman–Crippen LogP) is 1.89. The van der Waals surface area contributed by atoms with Gasteiger partial charge in [-0.05, 0) is 43.2 Å². The van der Waals surface area contributed by atoms with Crippen LogP contribution in [0.25, 0.3) is 0 Å². The fourth-order valence-corrected chi connectivity index (χ4v) is 3.15. The second-order valence-corrected chi connectivity index (χ2v) is 5.85. The average Bonchev–Trinajstić information content (AvgIpc) is 2.53. The number of nitrogens with two attached hydrogens (primary N) is 1. The maximum Gasteiger partial charge on any atom is 0.169 e. The maximum absolute atomic E-state index is 9.59. The molecule has 0 amide bonds. The Morgan fingerprint density at radius 3 is 2.67 bits per heavy atom. The molecule has 5 nitrogen and oxygen atoms in total. The SMILES string of the molecule is CCc1nnc(N2CCC(C)C(CN)C2)c(C#N)c1CC. The smallest absolute Gasteiger partial charge is 0.169 e. The van der Waals surface area contributed by atoms with Crippen molar-refractivity contribution in [1.82, 2.24) is 10.2 Å². The number of anilines is 1. The topological polar surface area (TPSA) is 78.8 Å². The number of rotatable bonds is 4. The van der Waals surface area contributed by atoms with Gasteiger partial charge in [-0.1, -0.05) is 20.8 Å². The summed E-state index contributed by atoms with van der Waals surface area (Å²) in [5.74, 6) is 1.84. The van der Waals surface area contributed by atoms with Crippen molar-refractivity contribution >= 4 is 5.82 Å². The van der Waals surface area contributed by atoms with E-state index in [-0.39, 0.29) is 0 Å². The van der Waals surface area contributed by atoms with E-state index >= 15 is 0 Å². The number of hydrogen-bond acceptors (Lipinski definition) is 5. The maximum atomic E-state index is 9.59. The molecule has 0 aromatic carbocycles. The van der Waals surface area contributed by atoms with Crippen molar-refractivity contribution in [3.05, 3.63) is 16.8 Å². The molecule has 2 N–H and O–H groups in total. The molecule has 0 spiro atoms. The molecule has 0 saturated carbocycles. The van der Waals surface area contributed by atoms with E-state index in [1.807, 2.05) is 0 Å². The van der Waals surface area contributed by atoms with Crippen LogP contribution in [0.15, 0.2) is 0 Å². The second-order valence-electron chi connectivity index (χ2n) is 5.85. The van der Waals surface area contributed by atoms with Crippen molar-refractivity contribution in [2.24, 2.45) is 17.6 Å². The van der Waals surface area contributed by atoms with Crippen LogP contribution < -0.4 is 10.6 Å². The quantitative estimate of drug-likeness (QED) is 0.915. The standard InChI is InChI=1S/C16H25N5/c1-4-13-14(9-18)16(20-19-15(13)5-2)21-7-6-11(3)12(8-17)10-21/h11-12H,4-8,10,17H2,1-3H3. The lowest BCUT2D eigenvalue weighted by atomic mass is 9.87. The van der Waals surface area contributed by atoms with Crippen molar-refractivity contribution in [2.45, 2.75) is 40.0 Å². The molecule has 2 unspecified atom stereocenters. The highest BCUT2D eigenvalue weighted by atomic mass is 15.3. The molecule has 2 heterocycles. The van der Waals surface area contributed by atoms with Gasteiger partial charge in [-0.2, -0.15) is 10.4 Å². The highest BCUT2D eigenvalue weighted by molar-refractivity contribution is 5.58. The van der Waals surface area contributed by atoms with Crippen LogP contribution in [0.5, 0.6) is 0 Å². The van der Waals surface area contributed by atoms with Crippen LogP contribution in [-0.2, 0) is 12.8 Å². The van der Waals surface area contributed by atoms with Crippen molar-refractivity contribution in [2.75, 3.05) is 24.5 Å². The first-order chi connectivity index (χ1) is 10.2. The summed E-state index contributed by atoms with van der Waals surface area (Å²) in [6.45, 7) is 8.86. The molecule has 5 heteroatoms. The van der Waals surface area contributed by atoms with Gasteiger partial charge in [0.15, 0.2) is 5.82 Å². The number of nitrogens with zero attached hydrogens (tertiary/aromatic N) is 4. The molecule has 1 aliphatic heterocycles. The Balaban J connectivity index is 2.38. The minimum Gasteiger partial charge on any atom is -0.354 e. The van der Waals surface area contributed by atoms with E-state index in [1.54, 1.807) is 0 Å². The van der Waals surface area contributed by atoms with Crippen LogP contribution in [0.1, 0.15) is 44.0 Å². The van der Waals surface area contributed by atoms with E-state index in [2.05, 4.69) is 41.9 Å². The molecule has 1 fully saturated rings. The van der Waals surface area contributed by atoms with Crippen molar-refractivity contribution in [3.63, 3.8) is 0 Å². The highest BCUT2D eigenvalue weighted by Gasteiger charge is 2.28. The summed E-state index contributed by atoms with van der Waals surface area (Å²) in [6, 6.07) is 2.36. The molecular formula is C16H25N5. The fraction of sp³-hybridized carbons (Fsp3) is 0.688. The third-order valence-corrected chi connectivity index (χ3v) is 4.66. The number of piperidine rings is 1. The minimum atomic E-state index is 0.461. The first kappa shape index (κ1) is 15.7. The summed E-state index contributed by atoms with van der Waals surface area (Å²) in [5.41, 5.74) is 8.57. The Hall–Kier alpha value is -1.67. The Kier molecular flexibility index (Phi) is 5.13. The zero-order chi connectivity index (χ0) is 15.4. The molecule has 0 aliphatic carbocycles. The van der Waals surface area contributed by atoms with E-state index in [0.717, 1.165) is 49.4 Å². The third kappa shape index (κ3) is 3.01.